The number of nitrogens with one attached hydrogen (secondary N) is 2. The van der Waals surface area contributed by atoms with Gasteiger partial charge in [-0.25, -0.2) is 4.99 Å². The van der Waals surface area contributed by atoms with Crippen LogP contribution in [0.1, 0.15) is 22.8 Å². The molecule has 0 fully saturated rings. The van der Waals surface area contributed by atoms with Crippen molar-refractivity contribution in [3.8, 4) is 0 Å². The minimum atomic E-state index is -0.204. The van der Waals surface area contributed by atoms with Crippen molar-refractivity contribution in [1.29, 1.82) is 0 Å². The fourth-order valence-electron chi connectivity index (χ4n) is 1.74. The number of benzene rings is 1. The molecule has 0 bridgehead atoms. The standard InChI is InChI=1S/C16H18N4O/c1-2-18-16(19-12-13-6-4-3-5-7-13)20-15(21)14-8-10-17-11-9-14/h3-11H,2,12H2,1H3,(H2,18,19,20,21). The highest BCUT2D eigenvalue weighted by Gasteiger charge is 2.07. The molecule has 0 spiro atoms. The molecule has 0 aliphatic heterocycles. The first-order chi connectivity index (χ1) is 10.3. The molecule has 0 atom stereocenters. The summed E-state index contributed by atoms with van der Waals surface area (Å²) in [5.41, 5.74) is 1.64. The Bertz CT molecular complexity index is 596. The van der Waals surface area contributed by atoms with E-state index in [1.165, 1.54) is 0 Å². The summed E-state index contributed by atoms with van der Waals surface area (Å²) in [5.74, 6) is 0.272. The van der Waals surface area contributed by atoms with Crippen LogP contribution in [-0.2, 0) is 6.54 Å². The largest absolute Gasteiger partial charge is 0.356 e. The lowest BCUT2D eigenvalue weighted by Crippen LogP contribution is -2.41. The SMILES string of the molecule is CCNC(=NCc1ccccc1)NC(=O)c1ccncc1. The molecule has 1 aromatic carbocycles. The molecule has 5 nitrogen and oxygen atoms in total. The summed E-state index contributed by atoms with van der Waals surface area (Å²) in [6.45, 7) is 3.15. The van der Waals surface area contributed by atoms with Crippen molar-refractivity contribution in [1.82, 2.24) is 15.6 Å². The second kappa shape index (κ2) is 7.79. The highest BCUT2D eigenvalue weighted by Crippen LogP contribution is 2.00. The predicted molar refractivity (Wildman–Crippen MR) is 83.0 cm³/mol. The molecule has 0 radical (unpaired) electrons. The van der Waals surface area contributed by atoms with E-state index in [-0.39, 0.29) is 5.91 Å². The smallest absolute Gasteiger partial charge is 0.258 e. The first-order valence-corrected chi connectivity index (χ1v) is 6.83. The van der Waals surface area contributed by atoms with E-state index in [1.807, 2.05) is 37.3 Å². The van der Waals surface area contributed by atoms with Crippen molar-refractivity contribution in [3.63, 3.8) is 0 Å². The summed E-state index contributed by atoms with van der Waals surface area (Å²) in [5, 5.41) is 5.83. The number of pyridine rings is 1. The van der Waals surface area contributed by atoms with Crippen LogP contribution in [0.3, 0.4) is 0 Å². The summed E-state index contributed by atoms with van der Waals surface area (Å²) < 4.78 is 0. The maximum Gasteiger partial charge on any atom is 0.258 e. The van der Waals surface area contributed by atoms with E-state index in [0.29, 0.717) is 24.6 Å². The van der Waals surface area contributed by atoms with E-state index < -0.39 is 0 Å². The van der Waals surface area contributed by atoms with Crippen LogP contribution in [0.4, 0.5) is 0 Å². The molecule has 2 N–H and O–H groups in total. The summed E-state index contributed by atoms with van der Waals surface area (Å²) in [6.07, 6.45) is 3.17. The van der Waals surface area contributed by atoms with Crippen LogP contribution < -0.4 is 10.6 Å². The van der Waals surface area contributed by atoms with Crippen molar-refractivity contribution in [2.75, 3.05) is 6.54 Å². The fraction of sp³-hybridized carbons (Fsp3) is 0.188. The lowest BCUT2D eigenvalue weighted by Gasteiger charge is -2.10. The van der Waals surface area contributed by atoms with Gasteiger partial charge in [0, 0.05) is 24.5 Å². The Labute approximate surface area is 124 Å². The quantitative estimate of drug-likeness (QED) is 0.665. The number of carbonyl (C=O) groups is 1. The number of hydrogen-bond donors (Lipinski definition) is 2. The normalized spacial score (nSPS) is 11.0. The van der Waals surface area contributed by atoms with Crippen molar-refractivity contribution in [2.24, 2.45) is 4.99 Å². The molecule has 2 aromatic rings. The zero-order valence-corrected chi connectivity index (χ0v) is 11.9. The lowest BCUT2D eigenvalue weighted by atomic mass is 10.2. The van der Waals surface area contributed by atoms with Crippen LogP contribution in [0.15, 0.2) is 59.9 Å². The average Bonchev–Trinajstić information content (AvgIpc) is 2.54. The molecule has 5 heteroatoms. The first kappa shape index (κ1) is 14.7. The fourth-order valence-corrected chi connectivity index (χ4v) is 1.74. The number of aliphatic imine (C=N–C) groups is 1. The molecule has 2 rings (SSSR count). The highest BCUT2D eigenvalue weighted by atomic mass is 16.1. The molecule has 0 saturated carbocycles. The van der Waals surface area contributed by atoms with E-state index >= 15 is 0 Å². The molecule has 0 unspecified atom stereocenters. The third-order valence-corrected chi connectivity index (χ3v) is 2.78. The van der Waals surface area contributed by atoms with Gasteiger partial charge in [0.05, 0.1) is 6.54 Å². The summed E-state index contributed by atoms with van der Waals surface area (Å²) >= 11 is 0. The van der Waals surface area contributed by atoms with Crippen molar-refractivity contribution >= 4 is 11.9 Å². The zero-order chi connectivity index (χ0) is 14.9. The van der Waals surface area contributed by atoms with Gasteiger partial charge in [-0.2, -0.15) is 0 Å². The zero-order valence-electron chi connectivity index (χ0n) is 11.9. The van der Waals surface area contributed by atoms with Crippen LogP contribution in [0.5, 0.6) is 0 Å². The number of carbonyl (C=O) groups excluding carboxylic acids is 1. The predicted octanol–water partition coefficient (Wildman–Crippen LogP) is 1.98. The van der Waals surface area contributed by atoms with E-state index in [4.69, 9.17) is 0 Å². The Hall–Kier alpha value is -2.69. The van der Waals surface area contributed by atoms with Crippen molar-refractivity contribution < 1.29 is 4.79 Å². The number of rotatable bonds is 4. The van der Waals surface area contributed by atoms with Gasteiger partial charge in [0.25, 0.3) is 5.91 Å². The second-order valence-corrected chi connectivity index (χ2v) is 4.37. The Balaban J connectivity index is 2.03. The van der Waals surface area contributed by atoms with Gasteiger partial charge in [-0.1, -0.05) is 30.3 Å². The number of amides is 1. The maximum absolute atomic E-state index is 12.1. The summed E-state index contributed by atoms with van der Waals surface area (Å²) in [4.78, 5) is 20.4. The van der Waals surface area contributed by atoms with E-state index in [0.717, 1.165) is 5.56 Å². The lowest BCUT2D eigenvalue weighted by molar-refractivity contribution is 0.0975. The Kier molecular flexibility index (Phi) is 5.46. The van der Waals surface area contributed by atoms with Gasteiger partial charge >= 0.3 is 0 Å². The summed E-state index contributed by atoms with van der Waals surface area (Å²) in [7, 11) is 0. The van der Waals surface area contributed by atoms with Gasteiger partial charge in [0.1, 0.15) is 0 Å². The Morgan fingerprint density at radius 3 is 2.52 bits per heavy atom. The number of guanidine groups is 1. The van der Waals surface area contributed by atoms with Crippen LogP contribution in [-0.4, -0.2) is 23.4 Å². The molecule has 1 aromatic heterocycles. The number of nitrogens with zero attached hydrogens (tertiary/aromatic N) is 2. The third kappa shape index (κ3) is 4.72. The minimum absolute atomic E-state index is 0.204. The molecule has 21 heavy (non-hydrogen) atoms. The van der Waals surface area contributed by atoms with Crippen LogP contribution in [0.2, 0.25) is 0 Å². The Morgan fingerprint density at radius 1 is 1.14 bits per heavy atom. The molecule has 0 aliphatic rings. The van der Waals surface area contributed by atoms with E-state index in [9.17, 15) is 4.79 Å². The Morgan fingerprint density at radius 2 is 1.86 bits per heavy atom. The van der Waals surface area contributed by atoms with Crippen molar-refractivity contribution in [2.45, 2.75) is 13.5 Å². The molecule has 108 valence electrons. The van der Waals surface area contributed by atoms with Crippen LogP contribution in [0.25, 0.3) is 0 Å². The first-order valence-electron chi connectivity index (χ1n) is 6.83. The maximum atomic E-state index is 12.1. The monoisotopic (exact) mass is 282 g/mol. The van der Waals surface area contributed by atoms with Gasteiger partial charge in [0.2, 0.25) is 0 Å². The van der Waals surface area contributed by atoms with Crippen LogP contribution >= 0.6 is 0 Å². The van der Waals surface area contributed by atoms with Gasteiger partial charge in [0.15, 0.2) is 5.96 Å². The third-order valence-electron chi connectivity index (χ3n) is 2.78. The minimum Gasteiger partial charge on any atom is -0.356 e. The highest BCUT2D eigenvalue weighted by molar-refractivity contribution is 6.05. The molecular formula is C16H18N4O. The average molecular weight is 282 g/mol. The van der Waals surface area contributed by atoms with E-state index in [1.54, 1.807) is 24.5 Å². The molecule has 1 heterocycles. The number of aromatic nitrogens is 1. The van der Waals surface area contributed by atoms with Crippen LogP contribution in [0, 0.1) is 0 Å². The van der Waals surface area contributed by atoms with Crippen molar-refractivity contribution in [3.05, 3.63) is 66.0 Å². The van der Waals surface area contributed by atoms with Gasteiger partial charge in [-0.15, -0.1) is 0 Å². The topological polar surface area (TPSA) is 66.4 Å². The molecule has 0 saturated heterocycles. The molecular weight excluding hydrogens is 264 g/mol. The summed E-state index contributed by atoms with van der Waals surface area (Å²) in [6, 6.07) is 13.2. The molecule has 1 amide bonds. The van der Waals surface area contributed by atoms with Gasteiger partial charge < -0.3 is 5.32 Å². The van der Waals surface area contributed by atoms with E-state index in [2.05, 4.69) is 20.6 Å². The van der Waals surface area contributed by atoms with Gasteiger partial charge in [-0.05, 0) is 24.6 Å². The molecule has 0 aliphatic carbocycles. The van der Waals surface area contributed by atoms with Gasteiger partial charge in [-0.3, -0.25) is 15.1 Å². The number of hydrogen-bond acceptors (Lipinski definition) is 3. The second-order valence-electron chi connectivity index (χ2n) is 4.37.